The van der Waals surface area contributed by atoms with Gasteiger partial charge in [0.05, 0.1) is 18.2 Å². The van der Waals surface area contributed by atoms with Crippen molar-refractivity contribution >= 4 is 28.3 Å². The molecule has 1 N–H and O–H groups in total. The Hall–Kier alpha value is -4.01. The molecule has 8 nitrogen and oxygen atoms in total. The number of benzene rings is 2. The monoisotopic (exact) mass is 420 g/mol. The van der Waals surface area contributed by atoms with Crippen LogP contribution in [0.1, 0.15) is 6.42 Å². The fourth-order valence-electron chi connectivity index (χ4n) is 3.17. The fraction of sp³-hybridized carbons (Fsp3) is 0.182. The molecule has 0 bridgehead atoms. The summed E-state index contributed by atoms with van der Waals surface area (Å²) >= 11 is 0. The maximum atomic E-state index is 13.2. The number of fused-ring (bicyclic) bond motifs is 1. The van der Waals surface area contributed by atoms with Gasteiger partial charge < -0.3 is 10.2 Å². The number of amides is 1. The standard InChI is InChI=1S/C22H21FN6O2/c1-27(2)17-9-5-16(6-10-17)26-20(30)11-12-28-14-24-21-19(22(28)31)13-25-29(21)18-7-3-15(23)4-8-18/h3-10,13-14H,11-12H2,1-2H3,(H,26,30). The third kappa shape index (κ3) is 4.30. The van der Waals surface area contributed by atoms with Crippen LogP contribution < -0.4 is 15.8 Å². The average molecular weight is 420 g/mol. The first kappa shape index (κ1) is 20.3. The van der Waals surface area contributed by atoms with Gasteiger partial charge in [-0.05, 0) is 48.5 Å². The van der Waals surface area contributed by atoms with E-state index in [0.29, 0.717) is 22.4 Å². The van der Waals surface area contributed by atoms with Crippen molar-refractivity contribution in [1.29, 1.82) is 0 Å². The number of hydrogen-bond donors (Lipinski definition) is 1. The lowest BCUT2D eigenvalue weighted by Crippen LogP contribution is -2.23. The van der Waals surface area contributed by atoms with Crippen LogP contribution in [-0.4, -0.2) is 39.3 Å². The minimum atomic E-state index is -0.359. The topological polar surface area (TPSA) is 85.1 Å². The number of rotatable bonds is 6. The van der Waals surface area contributed by atoms with Crippen LogP contribution in [0.3, 0.4) is 0 Å². The van der Waals surface area contributed by atoms with Crippen molar-refractivity contribution in [3.63, 3.8) is 0 Å². The van der Waals surface area contributed by atoms with Gasteiger partial charge in [-0.25, -0.2) is 14.1 Å². The van der Waals surface area contributed by atoms with Crippen LogP contribution >= 0.6 is 0 Å². The van der Waals surface area contributed by atoms with Gasteiger partial charge in [0.2, 0.25) is 5.91 Å². The van der Waals surface area contributed by atoms with Gasteiger partial charge in [-0.3, -0.25) is 14.2 Å². The molecule has 2 aromatic heterocycles. The number of aryl methyl sites for hydroxylation is 1. The summed E-state index contributed by atoms with van der Waals surface area (Å²) in [6.45, 7) is 0.186. The van der Waals surface area contributed by atoms with Gasteiger partial charge in [0.15, 0.2) is 5.65 Å². The van der Waals surface area contributed by atoms with Gasteiger partial charge in [-0.1, -0.05) is 0 Å². The Labute approximate surface area is 177 Å². The molecule has 9 heteroatoms. The molecular weight excluding hydrogens is 399 g/mol. The predicted molar refractivity (Wildman–Crippen MR) is 117 cm³/mol. The Bertz CT molecular complexity index is 1280. The molecule has 0 unspecified atom stereocenters. The van der Waals surface area contributed by atoms with Crippen LogP contribution in [0.25, 0.3) is 16.7 Å². The zero-order valence-electron chi connectivity index (χ0n) is 17.1. The summed E-state index contributed by atoms with van der Waals surface area (Å²) in [5.41, 5.74) is 2.41. The average Bonchev–Trinajstić information content (AvgIpc) is 3.19. The minimum absolute atomic E-state index is 0.120. The highest BCUT2D eigenvalue weighted by Gasteiger charge is 2.12. The van der Waals surface area contributed by atoms with Gasteiger partial charge in [0.25, 0.3) is 5.56 Å². The molecule has 1 amide bonds. The summed E-state index contributed by atoms with van der Waals surface area (Å²) in [7, 11) is 3.89. The molecule has 2 heterocycles. The van der Waals surface area contributed by atoms with E-state index in [1.54, 1.807) is 12.1 Å². The molecule has 31 heavy (non-hydrogen) atoms. The molecule has 4 rings (SSSR count). The molecule has 0 aliphatic carbocycles. The molecule has 0 saturated carbocycles. The van der Waals surface area contributed by atoms with Crippen molar-refractivity contribution in [2.45, 2.75) is 13.0 Å². The first-order valence-electron chi connectivity index (χ1n) is 9.69. The van der Waals surface area contributed by atoms with Crippen LogP contribution in [-0.2, 0) is 11.3 Å². The quantitative estimate of drug-likeness (QED) is 0.519. The number of halogens is 1. The summed E-state index contributed by atoms with van der Waals surface area (Å²) < 4.78 is 16.0. The van der Waals surface area contributed by atoms with E-state index in [1.807, 2.05) is 43.3 Å². The van der Waals surface area contributed by atoms with E-state index >= 15 is 0 Å². The van der Waals surface area contributed by atoms with Crippen molar-refractivity contribution in [3.8, 4) is 5.69 Å². The molecule has 158 valence electrons. The zero-order valence-corrected chi connectivity index (χ0v) is 17.1. The summed E-state index contributed by atoms with van der Waals surface area (Å²) in [6.07, 6.45) is 2.94. The van der Waals surface area contributed by atoms with Gasteiger partial charge in [0, 0.05) is 38.4 Å². The maximum Gasteiger partial charge on any atom is 0.264 e. The SMILES string of the molecule is CN(C)c1ccc(NC(=O)CCn2cnc3c(cnn3-c3ccc(F)cc3)c2=O)cc1. The van der Waals surface area contributed by atoms with E-state index in [9.17, 15) is 14.0 Å². The molecule has 0 atom stereocenters. The molecule has 4 aromatic rings. The second-order valence-electron chi connectivity index (χ2n) is 7.25. The van der Waals surface area contributed by atoms with Crippen molar-refractivity contribution < 1.29 is 9.18 Å². The van der Waals surface area contributed by atoms with Gasteiger partial charge in [0.1, 0.15) is 11.2 Å². The highest BCUT2D eigenvalue weighted by molar-refractivity contribution is 5.90. The first-order valence-corrected chi connectivity index (χ1v) is 9.69. The largest absolute Gasteiger partial charge is 0.378 e. The molecule has 2 aromatic carbocycles. The smallest absolute Gasteiger partial charge is 0.264 e. The van der Waals surface area contributed by atoms with E-state index in [0.717, 1.165) is 5.69 Å². The predicted octanol–water partition coefficient (Wildman–Crippen LogP) is 2.82. The van der Waals surface area contributed by atoms with E-state index < -0.39 is 0 Å². The second-order valence-corrected chi connectivity index (χ2v) is 7.25. The molecule has 0 radical (unpaired) electrons. The van der Waals surface area contributed by atoms with Crippen molar-refractivity contribution in [1.82, 2.24) is 19.3 Å². The summed E-state index contributed by atoms with van der Waals surface area (Å²) in [5.74, 6) is -0.561. The Kier molecular flexibility index (Phi) is 5.48. The lowest BCUT2D eigenvalue weighted by atomic mass is 10.2. The van der Waals surface area contributed by atoms with E-state index in [2.05, 4.69) is 15.4 Å². The third-order valence-corrected chi connectivity index (χ3v) is 4.87. The Morgan fingerprint density at radius 2 is 1.81 bits per heavy atom. The molecular formula is C22H21FN6O2. The number of carbonyl (C=O) groups is 1. The van der Waals surface area contributed by atoms with Crippen LogP contribution in [0.2, 0.25) is 0 Å². The molecule has 0 spiro atoms. The number of nitrogens with zero attached hydrogens (tertiary/aromatic N) is 5. The van der Waals surface area contributed by atoms with Crippen molar-refractivity contribution in [3.05, 3.63) is 77.2 Å². The van der Waals surface area contributed by atoms with Gasteiger partial charge in [-0.15, -0.1) is 0 Å². The number of carbonyl (C=O) groups excluding carboxylic acids is 1. The summed E-state index contributed by atoms with van der Waals surface area (Å²) in [5, 5.41) is 7.35. The van der Waals surface area contributed by atoms with E-state index in [1.165, 1.54) is 33.9 Å². The highest BCUT2D eigenvalue weighted by Crippen LogP contribution is 2.16. The van der Waals surface area contributed by atoms with Crippen LogP contribution in [0.15, 0.2) is 65.8 Å². The number of nitrogens with one attached hydrogen (secondary N) is 1. The van der Waals surface area contributed by atoms with Crippen LogP contribution in [0.4, 0.5) is 15.8 Å². The van der Waals surface area contributed by atoms with Gasteiger partial charge in [-0.2, -0.15) is 5.10 Å². The Morgan fingerprint density at radius 3 is 2.48 bits per heavy atom. The lowest BCUT2D eigenvalue weighted by Gasteiger charge is -2.13. The minimum Gasteiger partial charge on any atom is -0.378 e. The number of hydrogen-bond acceptors (Lipinski definition) is 5. The van der Waals surface area contributed by atoms with Crippen molar-refractivity contribution in [2.24, 2.45) is 0 Å². The Morgan fingerprint density at radius 1 is 1.10 bits per heavy atom. The summed E-state index contributed by atoms with van der Waals surface area (Å²) in [4.78, 5) is 31.4. The van der Waals surface area contributed by atoms with Gasteiger partial charge >= 0.3 is 0 Å². The fourth-order valence-corrected chi connectivity index (χ4v) is 3.17. The molecule has 0 saturated heterocycles. The third-order valence-electron chi connectivity index (χ3n) is 4.87. The van der Waals surface area contributed by atoms with E-state index in [-0.39, 0.29) is 30.2 Å². The molecule has 0 aliphatic rings. The van der Waals surface area contributed by atoms with Crippen LogP contribution in [0.5, 0.6) is 0 Å². The summed E-state index contributed by atoms with van der Waals surface area (Å²) in [6, 6.07) is 13.2. The first-order chi connectivity index (χ1) is 14.9. The molecule has 0 aliphatic heterocycles. The molecule has 0 fully saturated rings. The zero-order chi connectivity index (χ0) is 22.0. The Balaban J connectivity index is 1.46. The number of aromatic nitrogens is 4. The second kappa shape index (κ2) is 8.39. The normalized spacial score (nSPS) is 10.9. The van der Waals surface area contributed by atoms with Crippen LogP contribution in [0, 0.1) is 5.82 Å². The lowest BCUT2D eigenvalue weighted by molar-refractivity contribution is -0.116. The van der Waals surface area contributed by atoms with Crippen molar-refractivity contribution in [2.75, 3.05) is 24.3 Å². The maximum absolute atomic E-state index is 13.2. The van der Waals surface area contributed by atoms with E-state index in [4.69, 9.17) is 0 Å². The number of anilines is 2. The highest BCUT2D eigenvalue weighted by atomic mass is 19.1.